The van der Waals surface area contributed by atoms with Crippen LogP contribution in [0.5, 0.6) is 0 Å². The normalized spacial score (nSPS) is 12.8. The zero-order chi connectivity index (χ0) is 24.8. The molecule has 0 saturated carbocycles. The Balaban J connectivity index is 2.44. The largest absolute Gasteiger partial charge is 0.466 e. The Kier molecular flexibility index (Phi) is 9.57. The summed E-state index contributed by atoms with van der Waals surface area (Å²) in [7, 11) is 0. The van der Waals surface area contributed by atoms with E-state index in [0.29, 0.717) is 40.5 Å². The van der Waals surface area contributed by atoms with Gasteiger partial charge in [-0.15, -0.1) is 0 Å². The lowest BCUT2D eigenvalue weighted by molar-refractivity contribution is -0.143. The van der Waals surface area contributed by atoms with Crippen molar-refractivity contribution in [3.63, 3.8) is 0 Å². The molecule has 1 aromatic heterocycles. The van der Waals surface area contributed by atoms with Crippen molar-refractivity contribution in [3.8, 4) is 0 Å². The van der Waals surface area contributed by atoms with Crippen molar-refractivity contribution in [2.24, 2.45) is 11.8 Å². The summed E-state index contributed by atoms with van der Waals surface area (Å²) in [6.07, 6.45) is -3.04. The number of esters is 1. The van der Waals surface area contributed by atoms with Gasteiger partial charge in [0.15, 0.2) is 5.01 Å². The zero-order valence-corrected chi connectivity index (χ0v) is 20.9. The number of aromatic nitrogens is 1. The quantitative estimate of drug-likeness (QED) is 0.345. The number of nitrogens with zero attached hydrogens (tertiary/aromatic N) is 2. The summed E-state index contributed by atoms with van der Waals surface area (Å²) in [5.41, 5.74) is 2.51. The maximum absolute atomic E-state index is 13.1. The van der Waals surface area contributed by atoms with Gasteiger partial charge in [0.1, 0.15) is 5.00 Å². The summed E-state index contributed by atoms with van der Waals surface area (Å²) < 4.78 is 44.2. The number of benzene rings is 1. The van der Waals surface area contributed by atoms with E-state index in [9.17, 15) is 18.0 Å². The Morgan fingerprint density at radius 1 is 1.15 bits per heavy atom. The van der Waals surface area contributed by atoms with Crippen molar-refractivity contribution in [2.75, 3.05) is 29.9 Å². The van der Waals surface area contributed by atoms with Crippen molar-refractivity contribution in [1.29, 1.82) is 0 Å². The molecular weight excluding hydrogens is 451 g/mol. The average molecular weight is 486 g/mol. The average Bonchev–Trinajstić information content (AvgIpc) is 3.16. The topological polar surface area (TPSA) is 54.5 Å². The molecule has 0 aliphatic heterocycles. The van der Waals surface area contributed by atoms with Crippen LogP contribution in [0.15, 0.2) is 24.4 Å². The Labute approximate surface area is 198 Å². The predicted octanol–water partition coefficient (Wildman–Crippen LogP) is 7.08. The fourth-order valence-corrected chi connectivity index (χ4v) is 4.27. The molecule has 0 aliphatic carbocycles. The lowest BCUT2D eigenvalue weighted by Crippen LogP contribution is -2.31. The number of carbonyl (C=O) groups is 1. The molecule has 0 radical (unpaired) electrons. The third-order valence-electron chi connectivity index (χ3n) is 4.89. The van der Waals surface area contributed by atoms with E-state index in [1.54, 1.807) is 6.92 Å². The molecule has 33 heavy (non-hydrogen) atoms. The number of ether oxygens (including phenoxy) is 1. The third kappa shape index (κ3) is 8.21. The van der Waals surface area contributed by atoms with Crippen LogP contribution in [0.4, 0.5) is 29.5 Å². The van der Waals surface area contributed by atoms with E-state index in [2.05, 4.69) is 42.9 Å². The highest BCUT2D eigenvalue weighted by Gasteiger charge is 2.34. The second-order valence-electron chi connectivity index (χ2n) is 9.03. The van der Waals surface area contributed by atoms with E-state index in [1.807, 2.05) is 25.1 Å². The minimum Gasteiger partial charge on any atom is -0.466 e. The van der Waals surface area contributed by atoms with Gasteiger partial charge < -0.3 is 15.0 Å². The van der Waals surface area contributed by atoms with Crippen LogP contribution in [0.25, 0.3) is 0 Å². The molecule has 0 bridgehead atoms. The monoisotopic (exact) mass is 485 g/mol. The van der Waals surface area contributed by atoms with Gasteiger partial charge in [-0.25, -0.2) is 4.98 Å². The number of thiazole rings is 1. The molecule has 0 spiro atoms. The van der Waals surface area contributed by atoms with Crippen LogP contribution in [-0.4, -0.2) is 30.6 Å². The van der Waals surface area contributed by atoms with Gasteiger partial charge >= 0.3 is 12.1 Å². The van der Waals surface area contributed by atoms with Crippen LogP contribution in [0.2, 0.25) is 0 Å². The predicted molar refractivity (Wildman–Crippen MR) is 128 cm³/mol. The highest BCUT2D eigenvalue weighted by molar-refractivity contribution is 7.15. The van der Waals surface area contributed by atoms with Crippen molar-refractivity contribution >= 4 is 33.7 Å². The summed E-state index contributed by atoms with van der Waals surface area (Å²) >= 11 is 0.575. The molecule has 184 valence electrons. The molecule has 0 saturated heterocycles. The summed E-state index contributed by atoms with van der Waals surface area (Å²) in [5.74, 6) is 0.426. The van der Waals surface area contributed by atoms with Gasteiger partial charge in [0, 0.05) is 13.1 Å². The smallest absolute Gasteiger partial charge is 0.443 e. The first kappa shape index (κ1) is 27.0. The minimum absolute atomic E-state index is 0.102. The number of hydrogen-bond donors (Lipinski definition) is 1. The van der Waals surface area contributed by atoms with E-state index in [1.165, 1.54) is 6.20 Å². The van der Waals surface area contributed by atoms with E-state index in [-0.39, 0.29) is 18.3 Å². The van der Waals surface area contributed by atoms with Crippen molar-refractivity contribution in [2.45, 2.75) is 60.1 Å². The zero-order valence-electron chi connectivity index (χ0n) is 20.1. The third-order valence-corrected chi connectivity index (χ3v) is 5.84. The van der Waals surface area contributed by atoms with Gasteiger partial charge in [0.2, 0.25) is 0 Å². The van der Waals surface area contributed by atoms with E-state index in [0.717, 1.165) is 24.3 Å². The molecule has 2 aromatic rings. The highest BCUT2D eigenvalue weighted by atomic mass is 32.1. The number of rotatable bonds is 11. The van der Waals surface area contributed by atoms with Crippen LogP contribution >= 0.6 is 11.3 Å². The van der Waals surface area contributed by atoms with Crippen molar-refractivity contribution in [1.82, 2.24) is 4.98 Å². The van der Waals surface area contributed by atoms with Gasteiger partial charge in [-0.1, -0.05) is 52.0 Å². The first-order chi connectivity index (χ1) is 15.4. The maximum Gasteiger partial charge on any atom is 0.443 e. The molecule has 2 rings (SSSR count). The number of anilines is 3. The molecule has 9 heteroatoms. The number of halogens is 3. The Bertz CT molecular complexity index is 903. The number of hydrogen-bond acceptors (Lipinski definition) is 6. The van der Waals surface area contributed by atoms with Gasteiger partial charge in [0.05, 0.1) is 30.6 Å². The van der Waals surface area contributed by atoms with E-state index in [4.69, 9.17) is 4.74 Å². The molecule has 0 fully saturated rings. The second-order valence-corrected chi connectivity index (χ2v) is 10.1. The summed E-state index contributed by atoms with van der Waals surface area (Å²) in [4.78, 5) is 17.7. The summed E-state index contributed by atoms with van der Waals surface area (Å²) in [6, 6.07) is 5.88. The van der Waals surface area contributed by atoms with E-state index < -0.39 is 11.2 Å². The molecular formula is C24H34F3N3O2S. The molecule has 1 aromatic carbocycles. The standard InChI is InChI=1S/C24H34F3N3O2S/c1-7-32-22(31)10-17(6)18-8-9-20(30(13-15(2)3)14-16(4)5)19(11-18)29-21-12-28-23(33-21)24(25,26)27/h8-9,11-12,15-17,29H,7,10,13-14H2,1-6H3. The molecule has 1 unspecified atom stereocenters. The molecule has 5 nitrogen and oxygen atoms in total. The minimum atomic E-state index is -4.48. The highest BCUT2D eigenvalue weighted by Crippen LogP contribution is 2.38. The van der Waals surface area contributed by atoms with Crippen LogP contribution < -0.4 is 10.2 Å². The molecule has 1 atom stereocenters. The first-order valence-corrected chi connectivity index (χ1v) is 12.1. The van der Waals surface area contributed by atoms with Crippen molar-refractivity contribution in [3.05, 3.63) is 35.0 Å². The van der Waals surface area contributed by atoms with Gasteiger partial charge in [-0.2, -0.15) is 13.2 Å². The molecule has 1 N–H and O–H groups in total. The summed E-state index contributed by atoms with van der Waals surface area (Å²) in [6.45, 7) is 14.2. The Morgan fingerprint density at radius 2 is 1.79 bits per heavy atom. The van der Waals surface area contributed by atoms with Crippen LogP contribution in [0.3, 0.4) is 0 Å². The van der Waals surface area contributed by atoms with E-state index >= 15 is 0 Å². The fraction of sp³-hybridized carbons (Fsp3) is 0.583. The lowest BCUT2D eigenvalue weighted by atomic mass is 9.96. The van der Waals surface area contributed by atoms with Gasteiger partial charge in [-0.05, 0) is 42.4 Å². The van der Waals surface area contributed by atoms with Gasteiger partial charge in [-0.3, -0.25) is 4.79 Å². The van der Waals surface area contributed by atoms with Gasteiger partial charge in [0.25, 0.3) is 0 Å². The number of nitrogens with one attached hydrogen (secondary N) is 1. The SMILES string of the molecule is CCOC(=O)CC(C)c1ccc(N(CC(C)C)CC(C)C)c(Nc2cnc(C(F)(F)F)s2)c1. The molecule has 0 aliphatic rings. The number of carbonyl (C=O) groups excluding carboxylic acids is 1. The van der Waals surface area contributed by atoms with Crippen LogP contribution in [-0.2, 0) is 15.7 Å². The molecule has 0 amide bonds. The second kappa shape index (κ2) is 11.7. The number of alkyl halides is 3. The first-order valence-electron chi connectivity index (χ1n) is 11.2. The lowest BCUT2D eigenvalue weighted by Gasteiger charge is -2.31. The van der Waals surface area contributed by atoms with Crippen LogP contribution in [0.1, 0.15) is 64.5 Å². The summed E-state index contributed by atoms with van der Waals surface area (Å²) in [5, 5.41) is 2.59. The fourth-order valence-electron chi connectivity index (χ4n) is 3.57. The van der Waals surface area contributed by atoms with Crippen LogP contribution in [0, 0.1) is 11.8 Å². The Morgan fingerprint density at radius 3 is 2.30 bits per heavy atom. The molecule has 1 heterocycles. The Hall–Kier alpha value is -2.29. The van der Waals surface area contributed by atoms with Crippen molar-refractivity contribution < 1.29 is 22.7 Å². The maximum atomic E-state index is 13.1.